The predicted molar refractivity (Wildman–Crippen MR) is 149 cm³/mol. The first kappa shape index (κ1) is 27.2. The molecule has 8 saturated heterocycles. The highest BCUT2D eigenvalue weighted by molar-refractivity contribution is 5.36. The molecule has 42 heavy (non-hydrogen) atoms. The van der Waals surface area contributed by atoms with E-state index in [0.29, 0.717) is 0 Å². The molecule has 8 fully saturated rings. The summed E-state index contributed by atoms with van der Waals surface area (Å²) in [5.41, 5.74) is 2.27. The second kappa shape index (κ2) is 10.7. The van der Waals surface area contributed by atoms with Gasteiger partial charge in [0.05, 0.1) is 113 Å². The Morgan fingerprint density at radius 1 is 0.452 bits per heavy atom. The molecule has 0 amide bonds. The van der Waals surface area contributed by atoms with Crippen LogP contribution in [0.1, 0.15) is 36.8 Å². The van der Waals surface area contributed by atoms with E-state index in [2.05, 4.69) is 34.1 Å². The van der Waals surface area contributed by atoms with Crippen molar-refractivity contribution in [2.75, 3.05) is 79.0 Å². The molecule has 10 nitrogen and oxygen atoms in total. The van der Waals surface area contributed by atoms with Crippen LogP contribution in [0.3, 0.4) is 0 Å². The minimum atomic E-state index is -0.224. The maximum atomic E-state index is 5.94. The van der Waals surface area contributed by atoms with Crippen molar-refractivity contribution in [1.29, 1.82) is 0 Å². The Bertz CT molecular complexity index is 982. The van der Waals surface area contributed by atoms with Gasteiger partial charge in [-0.05, 0) is 36.8 Å². The second-order valence-electron chi connectivity index (χ2n) is 13.9. The molecule has 1 aromatic rings. The summed E-state index contributed by atoms with van der Waals surface area (Å²) in [5, 5.41) is 0. The minimum absolute atomic E-state index is 0.224. The lowest BCUT2D eigenvalue weighted by Crippen LogP contribution is -2.53. The second-order valence-corrected chi connectivity index (χ2v) is 13.9. The van der Waals surface area contributed by atoms with Gasteiger partial charge in [0.1, 0.15) is 0 Å². The fourth-order valence-electron chi connectivity index (χ4n) is 7.39. The van der Waals surface area contributed by atoms with E-state index in [1.54, 1.807) is 0 Å². The van der Waals surface area contributed by atoms with E-state index < -0.39 is 0 Å². The molecular formula is C32H44N2O8. The zero-order valence-corrected chi connectivity index (χ0v) is 24.4. The fourth-order valence-corrected chi connectivity index (χ4v) is 7.39. The SMILES string of the molecule is c1cc(C(CC2CO2)(CC2CO2)N(CC2CO2)CC2CO2)cc(C(CC2CO2)(CC2CO2)N(CC2CO2)CC2CO2)c1. The average molecular weight is 585 g/mol. The molecule has 10 heteroatoms. The van der Waals surface area contributed by atoms with Crippen LogP contribution in [0.15, 0.2) is 24.3 Å². The highest BCUT2D eigenvalue weighted by Crippen LogP contribution is 2.49. The summed E-state index contributed by atoms with van der Waals surface area (Å²) in [4.78, 5) is 5.35. The largest absolute Gasteiger partial charge is 0.373 e. The Morgan fingerprint density at radius 2 is 0.714 bits per heavy atom. The van der Waals surface area contributed by atoms with Gasteiger partial charge in [0.15, 0.2) is 0 Å². The van der Waals surface area contributed by atoms with Crippen molar-refractivity contribution in [1.82, 2.24) is 9.80 Å². The summed E-state index contributed by atoms with van der Waals surface area (Å²) in [6, 6.07) is 9.52. The lowest BCUT2D eigenvalue weighted by molar-refractivity contribution is 0.0329. The topological polar surface area (TPSA) is 107 Å². The third kappa shape index (κ3) is 6.44. The number of benzene rings is 1. The molecule has 230 valence electrons. The number of hydrogen-bond donors (Lipinski definition) is 0. The predicted octanol–water partition coefficient (Wildman–Crippen LogP) is 1.43. The van der Waals surface area contributed by atoms with Gasteiger partial charge in [0.25, 0.3) is 0 Å². The smallest absolute Gasteiger partial charge is 0.0936 e. The summed E-state index contributed by atoms with van der Waals surface area (Å²) < 4.78 is 47.0. The maximum absolute atomic E-state index is 5.94. The highest BCUT2D eigenvalue weighted by Gasteiger charge is 2.53. The van der Waals surface area contributed by atoms with Crippen molar-refractivity contribution in [3.63, 3.8) is 0 Å². The van der Waals surface area contributed by atoms with Crippen LogP contribution in [0.2, 0.25) is 0 Å². The van der Waals surface area contributed by atoms with Crippen molar-refractivity contribution in [2.45, 2.75) is 85.6 Å². The molecule has 8 aliphatic heterocycles. The quantitative estimate of drug-likeness (QED) is 0.209. The molecule has 0 radical (unpaired) electrons. The van der Waals surface area contributed by atoms with Crippen LogP contribution >= 0.6 is 0 Å². The first-order chi connectivity index (χ1) is 20.6. The van der Waals surface area contributed by atoms with Crippen LogP contribution < -0.4 is 0 Å². The molecule has 0 bridgehead atoms. The third-order valence-electron chi connectivity index (χ3n) is 10.3. The van der Waals surface area contributed by atoms with Crippen LogP contribution in [0.5, 0.6) is 0 Å². The van der Waals surface area contributed by atoms with Gasteiger partial charge < -0.3 is 37.9 Å². The number of nitrogens with zero attached hydrogens (tertiary/aromatic N) is 2. The van der Waals surface area contributed by atoms with Crippen molar-refractivity contribution in [2.24, 2.45) is 0 Å². The number of ether oxygens (including phenoxy) is 8. The van der Waals surface area contributed by atoms with Gasteiger partial charge in [0, 0.05) is 26.2 Å². The van der Waals surface area contributed by atoms with Gasteiger partial charge >= 0.3 is 0 Å². The van der Waals surface area contributed by atoms with E-state index in [9.17, 15) is 0 Å². The zero-order valence-electron chi connectivity index (χ0n) is 24.4. The van der Waals surface area contributed by atoms with E-state index >= 15 is 0 Å². The normalized spacial score (nSPS) is 39.5. The van der Waals surface area contributed by atoms with E-state index in [4.69, 9.17) is 37.9 Å². The van der Waals surface area contributed by atoms with Gasteiger partial charge in [-0.2, -0.15) is 0 Å². The number of epoxide rings is 8. The van der Waals surface area contributed by atoms with Gasteiger partial charge in [-0.15, -0.1) is 0 Å². The number of hydrogen-bond acceptors (Lipinski definition) is 10. The summed E-state index contributed by atoms with van der Waals surface area (Å²) in [5.74, 6) is 0. The zero-order chi connectivity index (χ0) is 27.7. The van der Waals surface area contributed by atoms with Crippen LogP contribution in [0.25, 0.3) is 0 Å². The van der Waals surface area contributed by atoms with Crippen molar-refractivity contribution in [3.8, 4) is 0 Å². The highest BCUT2D eigenvalue weighted by atomic mass is 16.6. The van der Waals surface area contributed by atoms with Crippen LogP contribution in [-0.4, -0.2) is 138 Å². The Kier molecular flexibility index (Phi) is 6.93. The van der Waals surface area contributed by atoms with Crippen molar-refractivity contribution in [3.05, 3.63) is 35.4 Å². The average Bonchev–Trinajstić information content (AvgIpc) is 3.78. The summed E-state index contributed by atoms with van der Waals surface area (Å²) >= 11 is 0. The van der Waals surface area contributed by atoms with Gasteiger partial charge in [-0.3, -0.25) is 9.80 Å². The molecule has 0 saturated carbocycles. The molecule has 8 unspecified atom stereocenters. The Hall–Kier alpha value is -1.18. The first-order valence-electron chi connectivity index (χ1n) is 16.2. The van der Waals surface area contributed by atoms with E-state index in [-0.39, 0.29) is 59.9 Å². The molecule has 1 aromatic carbocycles. The molecule has 9 rings (SSSR count). The lowest BCUT2D eigenvalue weighted by atomic mass is 9.74. The molecule has 0 aliphatic carbocycles. The Labute approximate surface area is 247 Å². The van der Waals surface area contributed by atoms with Gasteiger partial charge in [-0.1, -0.05) is 24.3 Å². The Morgan fingerprint density at radius 3 is 0.952 bits per heavy atom. The minimum Gasteiger partial charge on any atom is -0.373 e. The molecule has 8 aliphatic rings. The lowest BCUT2D eigenvalue weighted by Gasteiger charge is -2.47. The van der Waals surface area contributed by atoms with Gasteiger partial charge in [-0.25, -0.2) is 0 Å². The fraction of sp³-hybridized carbons (Fsp3) is 0.812. The Balaban J connectivity index is 1.14. The first-order valence-corrected chi connectivity index (χ1v) is 16.2. The summed E-state index contributed by atoms with van der Waals surface area (Å²) in [7, 11) is 0. The molecule has 0 aromatic heterocycles. The molecule has 8 atom stereocenters. The third-order valence-corrected chi connectivity index (χ3v) is 10.3. The van der Waals surface area contributed by atoms with Crippen LogP contribution in [0.4, 0.5) is 0 Å². The van der Waals surface area contributed by atoms with Gasteiger partial charge in [0.2, 0.25) is 0 Å². The van der Waals surface area contributed by atoms with Crippen molar-refractivity contribution < 1.29 is 37.9 Å². The summed E-state index contributed by atoms with van der Waals surface area (Å²) in [6.45, 7) is 10.3. The van der Waals surface area contributed by atoms with E-state index in [1.807, 2.05) is 0 Å². The monoisotopic (exact) mass is 584 g/mol. The molecular weight excluding hydrogens is 540 g/mol. The molecule has 8 heterocycles. The van der Waals surface area contributed by atoms with Crippen LogP contribution in [0, 0.1) is 0 Å². The van der Waals surface area contributed by atoms with E-state index in [0.717, 1.165) is 105 Å². The van der Waals surface area contributed by atoms with Crippen LogP contribution in [-0.2, 0) is 49.0 Å². The van der Waals surface area contributed by atoms with E-state index in [1.165, 1.54) is 11.1 Å². The maximum Gasteiger partial charge on any atom is 0.0936 e. The standard InChI is InChI=1S/C32H44N2O8/c1-2-21(31(5-23-13-35-23,6-24-14-36-24)33(9-27-17-39-27)10-28-18-40-28)4-22(3-1)32(7-25-15-37-25,8-26-16-38-26)34(11-29-19-41-29)12-30-20-42-30/h1-4,23-30H,5-20H2. The molecule has 0 spiro atoms. The number of rotatable bonds is 20. The van der Waals surface area contributed by atoms with Crippen molar-refractivity contribution >= 4 is 0 Å². The summed E-state index contributed by atoms with van der Waals surface area (Å²) in [6.07, 6.45) is 6.07. The molecule has 0 N–H and O–H groups in total.